The number of carbonyl (C=O) groups excluding carboxylic acids is 1. The third kappa shape index (κ3) is 2.52. The van der Waals surface area contributed by atoms with Gasteiger partial charge in [0.2, 0.25) is 0 Å². The van der Waals surface area contributed by atoms with Crippen molar-refractivity contribution < 1.29 is 27.1 Å². The highest BCUT2D eigenvalue weighted by Gasteiger charge is 2.33. The number of alkyl halides is 3. The summed E-state index contributed by atoms with van der Waals surface area (Å²) >= 11 is 2.60. The monoisotopic (exact) mass is 300 g/mol. The molecule has 0 saturated heterocycles. The van der Waals surface area contributed by atoms with Crippen LogP contribution in [0.15, 0.2) is 16.6 Å². The molecule has 88 valence electrons. The molecule has 0 amide bonds. The van der Waals surface area contributed by atoms with Crippen LogP contribution in [0.3, 0.4) is 0 Å². The third-order valence-corrected chi connectivity index (χ3v) is 2.34. The Bertz CT molecular complexity index is 428. The fraction of sp³-hybridized carbons (Fsp3) is 0.222. The number of carbonyl (C=O) groups is 1. The molecule has 0 spiro atoms. The maximum absolute atomic E-state index is 13.3. The lowest BCUT2D eigenvalue weighted by Gasteiger charge is -2.10. The van der Waals surface area contributed by atoms with Crippen LogP contribution >= 0.6 is 15.9 Å². The van der Waals surface area contributed by atoms with Crippen molar-refractivity contribution in [3.8, 4) is 0 Å². The van der Waals surface area contributed by atoms with Gasteiger partial charge in [-0.05, 0) is 28.1 Å². The molecule has 0 aliphatic carbocycles. The van der Waals surface area contributed by atoms with Gasteiger partial charge in [-0.1, -0.05) is 0 Å². The van der Waals surface area contributed by atoms with Gasteiger partial charge in [-0.3, -0.25) is 0 Å². The van der Waals surface area contributed by atoms with Crippen molar-refractivity contribution in [2.45, 2.75) is 6.18 Å². The summed E-state index contributed by atoms with van der Waals surface area (Å²) in [7, 11) is 0.954. The minimum atomic E-state index is -4.65. The number of ether oxygens (including phenoxy) is 1. The molecule has 0 N–H and O–H groups in total. The molecule has 1 aromatic rings. The lowest BCUT2D eigenvalue weighted by atomic mass is 10.1. The van der Waals surface area contributed by atoms with Crippen LogP contribution in [0, 0.1) is 5.82 Å². The molecule has 1 rings (SSSR count). The van der Waals surface area contributed by atoms with Gasteiger partial charge in [-0.25, -0.2) is 9.18 Å². The standard InChI is InChI=1S/C9H5BrF4O2/c1-16-8(15)5-2-4(9(12,13)14)3-6(10)7(5)11/h2-3H,1H3. The Morgan fingerprint density at radius 1 is 1.38 bits per heavy atom. The summed E-state index contributed by atoms with van der Waals surface area (Å²) in [4.78, 5) is 11.0. The molecule has 0 aromatic heterocycles. The number of rotatable bonds is 1. The van der Waals surface area contributed by atoms with Crippen LogP contribution in [0.4, 0.5) is 17.6 Å². The van der Waals surface area contributed by atoms with E-state index in [0.717, 1.165) is 7.11 Å². The molecular weight excluding hydrogens is 296 g/mol. The van der Waals surface area contributed by atoms with Crippen LogP contribution < -0.4 is 0 Å². The van der Waals surface area contributed by atoms with Crippen molar-refractivity contribution in [1.82, 2.24) is 0 Å². The highest BCUT2D eigenvalue weighted by atomic mass is 79.9. The van der Waals surface area contributed by atoms with Crippen LogP contribution in [-0.4, -0.2) is 13.1 Å². The Morgan fingerprint density at radius 2 is 1.94 bits per heavy atom. The lowest BCUT2D eigenvalue weighted by molar-refractivity contribution is -0.137. The molecule has 0 bridgehead atoms. The van der Waals surface area contributed by atoms with E-state index in [-0.39, 0.29) is 0 Å². The molecule has 0 atom stereocenters. The molecule has 0 heterocycles. The second-order valence-corrected chi connectivity index (χ2v) is 3.66. The van der Waals surface area contributed by atoms with Gasteiger partial charge in [-0.15, -0.1) is 0 Å². The van der Waals surface area contributed by atoms with Crippen LogP contribution in [0.1, 0.15) is 15.9 Å². The minimum Gasteiger partial charge on any atom is -0.465 e. The SMILES string of the molecule is COC(=O)c1cc(C(F)(F)F)cc(Br)c1F. The zero-order valence-corrected chi connectivity index (χ0v) is 9.45. The lowest BCUT2D eigenvalue weighted by Crippen LogP contribution is -2.11. The maximum Gasteiger partial charge on any atom is 0.416 e. The second-order valence-electron chi connectivity index (χ2n) is 2.81. The number of hydrogen-bond acceptors (Lipinski definition) is 2. The smallest absolute Gasteiger partial charge is 0.416 e. The van der Waals surface area contributed by atoms with Gasteiger partial charge < -0.3 is 4.74 Å². The highest BCUT2D eigenvalue weighted by Crippen LogP contribution is 2.33. The first-order chi connectivity index (χ1) is 7.27. The molecular formula is C9H5BrF4O2. The average molecular weight is 301 g/mol. The molecule has 0 fully saturated rings. The predicted octanol–water partition coefficient (Wildman–Crippen LogP) is 3.39. The van der Waals surface area contributed by atoms with Crippen molar-refractivity contribution >= 4 is 21.9 Å². The fourth-order valence-corrected chi connectivity index (χ4v) is 1.47. The molecule has 0 aliphatic rings. The van der Waals surface area contributed by atoms with Crippen LogP contribution in [0.25, 0.3) is 0 Å². The van der Waals surface area contributed by atoms with Gasteiger partial charge >= 0.3 is 12.1 Å². The first-order valence-electron chi connectivity index (χ1n) is 3.92. The Kier molecular flexibility index (Phi) is 3.57. The summed E-state index contributed by atoms with van der Waals surface area (Å²) in [6, 6.07) is 0.966. The van der Waals surface area contributed by atoms with Gasteiger partial charge in [0, 0.05) is 0 Å². The zero-order valence-electron chi connectivity index (χ0n) is 7.86. The first kappa shape index (κ1) is 13.0. The summed E-state index contributed by atoms with van der Waals surface area (Å²) in [5.41, 5.74) is -1.88. The molecule has 1 aromatic carbocycles. The van der Waals surface area contributed by atoms with Gasteiger partial charge in [-0.2, -0.15) is 13.2 Å². The molecule has 0 unspecified atom stereocenters. The van der Waals surface area contributed by atoms with Gasteiger partial charge in [0.05, 0.1) is 22.7 Å². The van der Waals surface area contributed by atoms with Gasteiger partial charge in [0.25, 0.3) is 0 Å². The molecule has 2 nitrogen and oxygen atoms in total. The molecule has 7 heteroatoms. The highest BCUT2D eigenvalue weighted by molar-refractivity contribution is 9.10. The van der Waals surface area contributed by atoms with Gasteiger partial charge in [0.1, 0.15) is 0 Å². The molecule has 0 radical (unpaired) electrons. The van der Waals surface area contributed by atoms with Crippen LogP contribution in [0.5, 0.6) is 0 Å². The van der Waals surface area contributed by atoms with Crippen molar-refractivity contribution in [3.63, 3.8) is 0 Å². The number of hydrogen-bond donors (Lipinski definition) is 0. The quantitative estimate of drug-likeness (QED) is 0.587. The maximum atomic E-state index is 13.3. The Labute approximate surface area is 96.3 Å². The number of benzene rings is 1. The topological polar surface area (TPSA) is 26.3 Å². The van der Waals surface area contributed by atoms with E-state index in [4.69, 9.17) is 0 Å². The van der Waals surface area contributed by atoms with E-state index in [2.05, 4.69) is 20.7 Å². The van der Waals surface area contributed by atoms with Crippen molar-refractivity contribution in [1.29, 1.82) is 0 Å². The zero-order chi connectivity index (χ0) is 12.5. The van der Waals surface area contributed by atoms with E-state index in [9.17, 15) is 22.4 Å². The van der Waals surface area contributed by atoms with Crippen molar-refractivity contribution in [2.75, 3.05) is 7.11 Å². The number of esters is 1. The minimum absolute atomic E-state index is 0.409. The summed E-state index contributed by atoms with van der Waals surface area (Å²) in [6.07, 6.45) is -4.65. The molecule has 16 heavy (non-hydrogen) atoms. The van der Waals surface area contributed by atoms with E-state index in [1.54, 1.807) is 0 Å². The summed E-state index contributed by atoms with van der Waals surface area (Å²) in [5, 5.41) is 0. The third-order valence-electron chi connectivity index (χ3n) is 1.76. The van der Waals surface area contributed by atoms with Crippen molar-refractivity contribution in [2.24, 2.45) is 0 Å². The van der Waals surface area contributed by atoms with E-state index >= 15 is 0 Å². The largest absolute Gasteiger partial charge is 0.465 e. The first-order valence-corrected chi connectivity index (χ1v) is 4.71. The Morgan fingerprint density at radius 3 is 2.38 bits per heavy atom. The molecule has 0 saturated carbocycles. The van der Waals surface area contributed by atoms with Gasteiger partial charge in [0.15, 0.2) is 5.82 Å². The Hall–Kier alpha value is -1.11. The second kappa shape index (κ2) is 4.40. The van der Waals surface area contributed by atoms with E-state index in [1.165, 1.54) is 0 Å². The number of methoxy groups -OCH3 is 1. The Balaban J connectivity index is 3.39. The normalized spacial score (nSPS) is 11.4. The van der Waals surface area contributed by atoms with E-state index < -0.39 is 33.6 Å². The average Bonchev–Trinajstić information content (AvgIpc) is 2.19. The fourth-order valence-electron chi connectivity index (χ4n) is 1.01. The summed E-state index contributed by atoms with van der Waals surface area (Å²) in [5.74, 6) is -2.25. The van der Waals surface area contributed by atoms with Crippen LogP contribution in [0.2, 0.25) is 0 Å². The summed E-state index contributed by atoms with van der Waals surface area (Å²) < 4.78 is 54.1. The van der Waals surface area contributed by atoms with Crippen LogP contribution in [-0.2, 0) is 10.9 Å². The van der Waals surface area contributed by atoms with E-state index in [1.807, 2.05) is 0 Å². The number of halogens is 5. The predicted molar refractivity (Wildman–Crippen MR) is 50.4 cm³/mol. The molecule has 0 aliphatic heterocycles. The summed E-state index contributed by atoms with van der Waals surface area (Å²) in [6.45, 7) is 0. The van der Waals surface area contributed by atoms with Crippen molar-refractivity contribution in [3.05, 3.63) is 33.5 Å². The van der Waals surface area contributed by atoms with E-state index in [0.29, 0.717) is 12.1 Å².